The molecule has 1 aromatic heterocycles. The Morgan fingerprint density at radius 1 is 1.27 bits per heavy atom. The number of carbonyl (C=O) groups excluding carboxylic acids is 1. The van der Waals surface area contributed by atoms with Gasteiger partial charge in [-0.2, -0.15) is 0 Å². The zero-order chi connectivity index (χ0) is 16.1. The highest BCUT2D eigenvalue weighted by Gasteiger charge is 2.15. The van der Waals surface area contributed by atoms with E-state index in [0.29, 0.717) is 11.8 Å². The van der Waals surface area contributed by atoms with Gasteiger partial charge in [0.05, 0.1) is 17.8 Å². The van der Waals surface area contributed by atoms with E-state index in [1.165, 1.54) is 18.3 Å². The van der Waals surface area contributed by atoms with Crippen molar-refractivity contribution in [2.75, 3.05) is 11.9 Å². The van der Waals surface area contributed by atoms with Gasteiger partial charge in [-0.3, -0.25) is 4.79 Å². The number of anilines is 1. The summed E-state index contributed by atoms with van der Waals surface area (Å²) in [6, 6.07) is 5.60. The van der Waals surface area contributed by atoms with Gasteiger partial charge in [0, 0.05) is 6.20 Å². The van der Waals surface area contributed by atoms with Crippen molar-refractivity contribution in [2.45, 2.75) is 5.03 Å². The van der Waals surface area contributed by atoms with Crippen LogP contribution in [0.15, 0.2) is 41.6 Å². The average Bonchev–Trinajstić information content (AvgIpc) is 2.48. The Bertz CT molecular complexity index is 725. The molecule has 2 rings (SSSR count). The van der Waals surface area contributed by atoms with Gasteiger partial charge in [-0.1, -0.05) is 0 Å². The van der Waals surface area contributed by atoms with Crippen LogP contribution in [0.2, 0.25) is 0 Å². The van der Waals surface area contributed by atoms with E-state index in [4.69, 9.17) is 5.11 Å². The molecule has 0 amide bonds. The van der Waals surface area contributed by atoms with Crippen LogP contribution in [-0.4, -0.2) is 27.7 Å². The first kappa shape index (κ1) is 15.9. The standard InChI is InChI=1S/C14H10F2N2O3S/c15-8-3-4-10(16)11(6-8)18-7-12(19)22-13-9(14(20)21)2-1-5-17-13/h1-6,18H,7H2,(H,20,21). The second-order valence-electron chi connectivity index (χ2n) is 4.11. The van der Waals surface area contributed by atoms with Gasteiger partial charge in [-0.05, 0) is 42.1 Å². The van der Waals surface area contributed by atoms with Crippen LogP contribution in [-0.2, 0) is 4.79 Å². The fraction of sp³-hybridized carbons (Fsp3) is 0.0714. The number of aromatic carboxylic acids is 1. The quantitative estimate of drug-likeness (QED) is 0.823. The molecule has 1 heterocycles. The lowest BCUT2D eigenvalue weighted by atomic mass is 10.3. The molecule has 0 aliphatic heterocycles. The highest BCUT2D eigenvalue weighted by atomic mass is 32.2. The number of carbonyl (C=O) groups is 2. The molecule has 0 saturated heterocycles. The Kier molecular flexibility index (Phi) is 5.05. The summed E-state index contributed by atoms with van der Waals surface area (Å²) in [5, 5.41) is 11.0. The number of hydrogen-bond donors (Lipinski definition) is 2. The zero-order valence-corrected chi connectivity index (χ0v) is 11.9. The largest absolute Gasteiger partial charge is 0.478 e. The topological polar surface area (TPSA) is 79.3 Å². The molecule has 1 aromatic carbocycles. The number of benzene rings is 1. The number of aromatic nitrogens is 1. The average molecular weight is 324 g/mol. The van der Waals surface area contributed by atoms with Crippen molar-refractivity contribution in [3.8, 4) is 0 Å². The molecule has 2 N–H and O–H groups in total. The van der Waals surface area contributed by atoms with Gasteiger partial charge in [0.25, 0.3) is 0 Å². The second-order valence-corrected chi connectivity index (χ2v) is 5.16. The summed E-state index contributed by atoms with van der Waals surface area (Å²) in [6.07, 6.45) is 1.36. The highest BCUT2D eigenvalue weighted by Crippen LogP contribution is 2.21. The highest BCUT2D eigenvalue weighted by molar-refractivity contribution is 8.13. The van der Waals surface area contributed by atoms with E-state index in [-0.39, 0.29) is 22.8 Å². The maximum Gasteiger partial charge on any atom is 0.338 e. The number of carboxylic acid groups (broad SMARTS) is 1. The minimum atomic E-state index is -1.20. The van der Waals surface area contributed by atoms with Crippen molar-refractivity contribution in [3.05, 3.63) is 53.7 Å². The Balaban J connectivity index is 2.02. The van der Waals surface area contributed by atoms with Crippen molar-refractivity contribution >= 4 is 28.5 Å². The molecule has 8 heteroatoms. The van der Waals surface area contributed by atoms with Gasteiger partial charge in [0.15, 0.2) is 0 Å². The molecule has 0 radical (unpaired) electrons. The third-order valence-electron chi connectivity index (χ3n) is 2.56. The monoisotopic (exact) mass is 324 g/mol. The SMILES string of the molecule is O=C(CNc1cc(F)ccc1F)Sc1ncccc1C(=O)O. The predicted octanol–water partition coefficient (Wildman–Crippen LogP) is 2.79. The van der Waals surface area contributed by atoms with Crippen LogP contribution in [0, 0.1) is 11.6 Å². The van der Waals surface area contributed by atoms with E-state index in [2.05, 4.69) is 10.3 Å². The number of hydrogen-bond acceptors (Lipinski definition) is 5. The maximum atomic E-state index is 13.4. The lowest BCUT2D eigenvalue weighted by Gasteiger charge is -2.07. The van der Waals surface area contributed by atoms with E-state index in [0.717, 1.165) is 18.2 Å². The number of thioether (sulfide) groups is 1. The second kappa shape index (κ2) is 6.99. The summed E-state index contributed by atoms with van der Waals surface area (Å²) in [5.41, 5.74) is -0.244. The summed E-state index contributed by atoms with van der Waals surface area (Å²) in [7, 11) is 0. The lowest BCUT2D eigenvalue weighted by Crippen LogP contribution is -2.12. The Hall–Kier alpha value is -2.48. The van der Waals surface area contributed by atoms with Crippen LogP contribution in [0.5, 0.6) is 0 Å². The molecular formula is C14H10F2N2O3S. The van der Waals surface area contributed by atoms with Crippen LogP contribution in [0.4, 0.5) is 14.5 Å². The van der Waals surface area contributed by atoms with Crippen molar-refractivity contribution in [1.29, 1.82) is 0 Å². The van der Waals surface area contributed by atoms with Crippen LogP contribution >= 0.6 is 11.8 Å². The molecule has 22 heavy (non-hydrogen) atoms. The molecule has 114 valence electrons. The normalized spacial score (nSPS) is 10.3. The number of rotatable bonds is 5. The summed E-state index contributed by atoms with van der Waals surface area (Å²) < 4.78 is 26.4. The maximum absolute atomic E-state index is 13.4. The molecule has 0 unspecified atom stereocenters. The van der Waals surface area contributed by atoms with Gasteiger partial charge in [-0.15, -0.1) is 0 Å². The molecule has 5 nitrogen and oxygen atoms in total. The molecule has 0 saturated carbocycles. The fourth-order valence-corrected chi connectivity index (χ4v) is 2.32. The van der Waals surface area contributed by atoms with Gasteiger partial charge in [0.1, 0.15) is 16.7 Å². The van der Waals surface area contributed by atoms with E-state index in [1.54, 1.807) is 0 Å². The molecule has 0 fully saturated rings. The number of pyridine rings is 1. The summed E-state index contributed by atoms with van der Waals surface area (Å²) in [6.45, 7) is -0.305. The van der Waals surface area contributed by atoms with Gasteiger partial charge >= 0.3 is 5.97 Å². The van der Waals surface area contributed by atoms with Crippen molar-refractivity contribution < 1.29 is 23.5 Å². The predicted molar refractivity (Wildman–Crippen MR) is 76.9 cm³/mol. The molecule has 2 aromatic rings. The van der Waals surface area contributed by atoms with Crippen molar-refractivity contribution in [2.24, 2.45) is 0 Å². The van der Waals surface area contributed by atoms with Crippen LogP contribution in [0.25, 0.3) is 0 Å². The van der Waals surface area contributed by atoms with Crippen LogP contribution in [0.3, 0.4) is 0 Å². The first-order valence-corrected chi connectivity index (χ1v) is 6.87. The number of halogens is 2. The third kappa shape index (κ3) is 4.01. The Labute approximate surface area is 128 Å². The third-order valence-corrected chi connectivity index (χ3v) is 3.45. The van der Waals surface area contributed by atoms with Crippen molar-refractivity contribution in [3.63, 3.8) is 0 Å². The molecule has 0 bridgehead atoms. The molecule has 0 spiro atoms. The first-order valence-electron chi connectivity index (χ1n) is 6.05. The Morgan fingerprint density at radius 2 is 2.05 bits per heavy atom. The van der Waals surface area contributed by atoms with E-state index >= 15 is 0 Å². The molecule has 0 aliphatic carbocycles. The van der Waals surface area contributed by atoms with Crippen molar-refractivity contribution in [1.82, 2.24) is 4.98 Å². The lowest BCUT2D eigenvalue weighted by molar-refractivity contribution is -0.109. The molecule has 0 atom stereocenters. The van der Waals surface area contributed by atoms with E-state index in [9.17, 15) is 18.4 Å². The zero-order valence-electron chi connectivity index (χ0n) is 11.0. The molecule has 0 aliphatic rings. The van der Waals surface area contributed by atoms with Gasteiger partial charge in [-0.25, -0.2) is 18.6 Å². The molecular weight excluding hydrogens is 314 g/mol. The minimum Gasteiger partial charge on any atom is -0.478 e. The van der Waals surface area contributed by atoms with E-state index < -0.39 is 22.7 Å². The van der Waals surface area contributed by atoms with E-state index in [1.807, 2.05) is 0 Å². The van der Waals surface area contributed by atoms with Crippen LogP contribution in [0.1, 0.15) is 10.4 Å². The number of carboxylic acids is 1. The summed E-state index contributed by atoms with van der Waals surface area (Å²) in [5.74, 6) is -2.53. The summed E-state index contributed by atoms with van der Waals surface area (Å²) >= 11 is 0.618. The van der Waals surface area contributed by atoms with Gasteiger partial charge in [0.2, 0.25) is 5.12 Å². The number of nitrogens with one attached hydrogen (secondary N) is 1. The smallest absolute Gasteiger partial charge is 0.338 e. The first-order chi connectivity index (χ1) is 10.5. The minimum absolute atomic E-state index is 0.0431. The van der Waals surface area contributed by atoms with Gasteiger partial charge < -0.3 is 10.4 Å². The van der Waals surface area contributed by atoms with Crippen LogP contribution < -0.4 is 5.32 Å². The Morgan fingerprint density at radius 3 is 2.77 bits per heavy atom. The fourth-order valence-electron chi connectivity index (χ4n) is 1.58. The number of nitrogens with zero attached hydrogens (tertiary/aromatic N) is 1. The summed E-state index contributed by atoms with van der Waals surface area (Å²) in [4.78, 5) is 26.6.